The molecule has 0 unspecified atom stereocenters. The standard InChI is InChI=1S/C19H17N3O2S/c20-12-13-3-5-14(6-4-13)15-10-19(7-8-19)11-16(15)18-17(25(21,23)24)2-1-9-22-18/h1-6,9H,7-8,10-11H2,(H2,21,23,24). The van der Waals surface area contributed by atoms with Gasteiger partial charge in [-0.25, -0.2) is 13.6 Å². The summed E-state index contributed by atoms with van der Waals surface area (Å²) in [5.41, 5.74) is 4.41. The lowest BCUT2D eigenvalue weighted by Crippen LogP contribution is -2.15. The van der Waals surface area contributed by atoms with Crippen LogP contribution in [0.15, 0.2) is 47.5 Å². The Morgan fingerprint density at radius 2 is 1.76 bits per heavy atom. The van der Waals surface area contributed by atoms with Gasteiger partial charge in [0.1, 0.15) is 4.90 Å². The molecule has 0 radical (unpaired) electrons. The molecule has 0 saturated heterocycles. The van der Waals surface area contributed by atoms with Crippen molar-refractivity contribution in [3.05, 3.63) is 59.4 Å². The van der Waals surface area contributed by atoms with Crippen molar-refractivity contribution in [2.45, 2.75) is 30.6 Å². The highest BCUT2D eigenvalue weighted by Crippen LogP contribution is 2.63. The van der Waals surface area contributed by atoms with Crippen LogP contribution in [0.5, 0.6) is 0 Å². The quantitative estimate of drug-likeness (QED) is 0.919. The van der Waals surface area contributed by atoms with Gasteiger partial charge in [0.15, 0.2) is 0 Å². The zero-order valence-electron chi connectivity index (χ0n) is 13.6. The van der Waals surface area contributed by atoms with Gasteiger partial charge in [0, 0.05) is 6.20 Å². The summed E-state index contributed by atoms with van der Waals surface area (Å²) in [7, 11) is -3.84. The van der Waals surface area contributed by atoms with Crippen LogP contribution in [0, 0.1) is 16.7 Å². The van der Waals surface area contributed by atoms with Gasteiger partial charge in [0.2, 0.25) is 10.0 Å². The molecular formula is C19H17N3O2S. The molecule has 25 heavy (non-hydrogen) atoms. The van der Waals surface area contributed by atoms with Crippen molar-refractivity contribution in [3.63, 3.8) is 0 Å². The van der Waals surface area contributed by atoms with Crippen LogP contribution in [0.1, 0.15) is 42.5 Å². The fourth-order valence-electron chi connectivity index (χ4n) is 3.65. The highest BCUT2D eigenvalue weighted by Gasteiger charge is 2.49. The summed E-state index contributed by atoms with van der Waals surface area (Å²) in [6, 6.07) is 12.7. The second-order valence-electron chi connectivity index (χ2n) is 6.89. The van der Waals surface area contributed by atoms with E-state index in [1.165, 1.54) is 6.07 Å². The summed E-state index contributed by atoms with van der Waals surface area (Å²) in [4.78, 5) is 4.44. The van der Waals surface area contributed by atoms with Gasteiger partial charge in [-0.05, 0) is 72.1 Å². The maximum atomic E-state index is 12.0. The first-order chi connectivity index (χ1) is 11.9. The smallest absolute Gasteiger partial charge is 0.240 e. The topological polar surface area (TPSA) is 96.8 Å². The molecule has 1 saturated carbocycles. The highest BCUT2D eigenvalue weighted by molar-refractivity contribution is 7.89. The molecular weight excluding hydrogens is 334 g/mol. The van der Waals surface area contributed by atoms with Crippen LogP contribution in [-0.4, -0.2) is 13.4 Å². The number of hydrogen-bond acceptors (Lipinski definition) is 4. The van der Waals surface area contributed by atoms with Gasteiger partial charge in [-0.2, -0.15) is 5.26 Å². The minimum atomic E-state index is -3.84. The molecule has 2 aliphatic rings. The number of benzene rings is 1. The van der Waals surface area contributed by atoms with Crippen molar-refractivity contribution < 1.29 is 8.42 Å². The van der Waals surface area contributed by atoms with E-state index in [1.54, 1.807) is 24.4 Å². The van der Waals surface area contributed by atoms with Crippen LogP contribution in [0.2, 0.25) is 0 Å². The fraction of sp³-hybridized carbons (Fsp3) is 0.263. The first-order valence-corrected chi connectivity index (χ1v) is 9.67. The number of hydrogen-bond donors (Lipinski definition) is 1. The molecule has 1 aromatic carbocycles. The molecule has 0 atom stereocenters. The Morgan fingerprint density at radius 3 is 2.36 bits per heavy atom. The largest absolute Gasteiger partial charge is 0.255 e. The molecule has 1 heterocycles. The minimum absolute atomic E-state index is 0.0776. The van der Waals surface area contributed by atoms with Crippen molar-refractivity contribution in [2.75, 3.05) is 0 Å². The predicted octanol–water partition coefficient (Wildman–Crippen LogP) is 3.09. The van der Waals surface area contributed by atoms with E-state index in [0.717, 1.165) is 42.4 Å². The first kappa shape index (κ1) is 16.0. The van der Waals surface area contributed by atoms with E-state index >= 15 is 0 Å². The number of sulfonamides is 1. The lowest BCUT2D eigenvalue weighted by molar-refractivity contribution is 0.567. The maximum Gasteiger partial charge on any atom is 0.240 e. The number of rotatable bonds is 3. The molecule has 126 valence electrons. The molecule has 1 fully saturated rings. The minimum Gasteiger partial charge on any atom is -0.255 e. The number of allylic oxidation sites excluding steroid dienone is 2. The number of primary sulfonamides is 1. The summed E-state index contributed by atoms with van der Waals surface area (Å²) in [6.45, 7) is 0. The van der Waals surface area contributed by atoms with Gasteiger partial charge in [-0.1, -0.05) is 12.1 Å². The molecule has 0 bridgehead atoms. The molecule has 5 nitrogen and oxygen atoms in total. The van der Waals surface area contributed by atoms with Crippen molar-refractivity contribution in [3.8, 4) is 6.07 Å². The number of aromatic nitrogens is 1. The lowest BCUT2D eigenvalue weighted by atomic mass is 9.98. The Bertz CT molecular complexity index is 1030. The zero-order chi connectivity index (χ0) is 17.7. The molecule has 2 N–H and O–H groups in total. The van der Waals surface area contributed by atoms with Crippen LogP contribution in [-0.2, 0) is 10.0 Å². The predicted molar refractivity (Wildman–Crippen MR) is 94.5 cm³/mol. The van der Waals surface area contributed by atoms with Crippen molar-refractivity contribution in [1.29, 1.82) is 5.26 Å². The molecule has 6 heteroatoms. The van der Waals surface area contributed by atoms with Crippen molar-refractivity contribution in [1.82, 2.24) is 4.98 Å². The number of nitrogens with zero attached hydrogens (tertiary/aromatic N) is 2. The van der Waals surface area contributed by atoms with Crippen LogP contribution >= 0.6 is 0 Å². The molecule has 2 aliphatic carbocycles. The zero-order valence-corrected chi connectivity index (χ0v) is 14.4. The first-order valence-electron chi connectivity index (χ1n) is 8.13. The SMILES string of the molecule is N#Cc1ccc(C2=C(c3ncccc3S(N)(=O)=O)CC3(CC3)C2)cc1. The Morgan fingerprint density at radius 1 is 1.08 bits per heavy atom. The van der Waals surface area contributed by atoms with Gasteiger partial charge in [-0.15, -0.1) is 0 Å². The Balaban J connectivity index is 1.89. The molecule has 1 aromatic heterocycles. The normalized spacial score (nSPS) is 18.4. The molecule has 2 aromatic rings. The van der Waals surface area contributed by atoms with E-state index in [4.69, 9.17) is 10.4 Å². The Hall–Kier alpha value is -2.49. The van der Waals surface area contributed by atoms with E-state index in [1.807, 2.05) is 12.1 Å². The fourth-order valence-corrected chi connectivity index (χ4v) is 4.37. The molecule has 1 spiro atoms. The number of nitrogens with two attached hydrogens (primary N) is 1. The Labute approximate surface area is 146 Å². The van der Waals surface area contributed by atoms with E-state index in [-0.39, 0.29) is 10.3 Å². The second kappa shape index (κ2) is 5.51. The third-order valence-corrected chi connectivity index (χ3v) is 6.09. The maximum absolute atomic E-state index is 12.0. The van der Waals surface area contributed by atoms with Crippen molar-refractivity contribution in [2.24, 2.45) is 10.6 Å². The lowest BCUT2D eigenvalue weighted by Gasteiger charge is -2.11. The van der Waals surface area contributed by atoms with Gasteiger partial charge in [0.05, 0.1) is 17.3 Å². The average Bonchev–Trinajstić information content (AvgIpc) is 3.25. The van der Waals surface area contributed by atoms with Gasteiger partial charge in [-0.3, -0.25) is 4.98 Å². The van der Waals surface area contributed by atoms with Gasteiger partial charge < -0.3 is 0 Å². The van der Waals surface area contributed by atoms with Crippen LogP contribution in [0.3, 0.4) is 0 Å². The van der Waals surface area contributed by atoms with Crippen molar-refractivity contribution >= 4 is 21.2 Å². The Kier molecular flexibility index (Phi) is 3.53. The van der Waals surface area contributed by atoms with Crippen LogP contribution in [0.25, 0.3) is 11.1 Å². The second-order valence-corrected chi connectivity index (χ2v) is 8.42. The third-order valence-electron chi connectivity index (χ3n) is 5.15. The van der Waals surface area contributed by atoms with E-state index in [0.29, 0.717) is 11.3 Å². The third kappa shape index (κ3) is 2.86. The van der Waals surface area contributed by atoms with Gasteiger partial charge in [0.25, 0.3) is 0 Å². The molecule has 0 amide bonds. The summed E-state index contributed by atoms with van der Waals surface area (Å²) >= 11 is 0. The van der Waals surface area contributed by atoms with E-state index in [9.17, 15) is 8.42 Å². The highest BCUT2D eigenvalue weighted by atomic mass is 32.2. The number of pyridine rings is 1. The van der Waals surface area contributed by atoms with Crippen LogP contribution < -0.4 is 5.14 Å². The summed E-state index contributed by atoms with van der Waals surface area (Å²) in [6.07, 6.45) is 5.63. The molecule has 4 rings (SSSR count). The van der Waals surface area contributed by atoms with E-state index in [2.05, 4.69) is 11.1 Å². The number of nitriles is 1. The average molecular weight is 351 g/mol. The van der Waals surface area contributed by atoms with Gasteiger partial charge >= 0.3 is 0 Å². The summed E-state index contributed by atoms with van der Waals surface area (Å²) in [5.74, 6) is 0. The van der Waals surface area contributed by atoms with E-state index < -0.39 is 10.0 Å². The molecule has 0 aliphatic heterocycles. The monoisotopic (exact) mass is 351 g/mol. The van der Waals surface area contributed by atoms with Crippen LogP contribution in [0.4, 0.5) is 0 Å². The summed E-state index contributed by atoms with van der Waals surface area (Å²) in [5, 5.41) is 14.4. The summed E-state index contributed by atoms with van der Waals surface area (Å²) < 4.78 is 24.0.